The molecule has 0 heterocycles. The molecule has 3 aromatic rings. The van der Waals surface area contributed by atoms with Gasteiger partial charge < -0.3 is 9.47 Å². The van der Waals surface area contributed by atoms with Crippen molar-refractivity contribution in [3.63, 3.8) is 0 Å². The lowest BCUT2D eigenvalue weighted by atomic mass is 9.98. The van der Waals surface area contributed by atoms with Crippen LogP contribution in [0.1, 0.15) is 142 Å². The molecule has 2 nitrogen and oxygen atoms in total. The number of ether oxygens (including phenoxy) is 2. The van der Waals surface area contributed by atoms with Gasteiger partial charge in [0.05, 0.1) is 13.2 Å². The Morgan fingerprint density at radius 1 is 0.364 bits per heavy atom. The normalized spacial score (nSPS) is 11.1. The van der Waals surface area contributed by atoms with Crippen LogP contribution in [0.5, 0.6) is 11.5 Å². The van der Waals surface area contributed by atoms with Gasteiger partial charge in [-0.2, -0.15) is 0 Å². The fourth-order valence-corrected chi connectivity index (χ4v) is 6.03. The van der Waals surface area contributed by atoms with Crippen molar-refractivity contribution >= 4 is 0 Å². The Hall–Kier alpha value is -2.74. The molecule has 0 saturated carbocycles. The highest BCUT2D eigenvalue weighted by Crippen LogP contribution is 2.41. The molecule has 0 aliphatic heterocycles. The molecule has 0 spiro atoms. The van der Waals surface area contributed by atoms with E-state index in [0.29, 0.717) is 0 Å². The van der Waals surface area contributed by atoms with Crippen molar-refractivity contribution in [3.05, 3.63) is 72.8 Å². The zero-order chi connectivity index (χ0) is 30.9. The second-order valence-electron chi connectivity index (χ2n) is 12.6. The van der Waals surface area contributed by atoms with Crippen molar-refractivity contribution in [2.75, 3.05) is 13.2 Å². The molecule has 0 bridgehead atoms. The van der Waals surface area contributed by atoms with Crippen LogP contribution in [0.4, 0.5) is 0 Å². The highest BCUT2D eigenvalue weighted by Gasteiger charge is 2.15. The van der Waals surface area contributed by atoms with Gasteiger partial charge >= 0.3 is 0 Å². The maximum atomic E-state index is 6.54. The van der Waals surface area contributed by atoms with Gasteiger partial charge in [0.15, 0.2) is 0 Å². The van der Waals surface area contributed by atoms with Crippen LogP contribution in [0.25, 0.3) is 22.3 Å². The zero-order valence-corrected chi connectivity index (χ0v) is 28.3. The number of hydrogen-bond acceptors (Lipinski definition) is 2. The summed E-state index contributed by atoms with van der Waals surface area (Å²) in [5, 5.41) is 0. The van der Waals surface area contributed by atoms with E-state index in [1.165, 1.54) is 127 Å². The second-order valence-corrected chi connectivity index (χ2v) is 12.6. The molecule has 0 unspecified atom stereocenters. The van der Waals surface area contributed by atoms with E-state index in [1.54, 1.807) is 0 Å². The van der Waals surface area contributed by atoms with E-state index >= 15 is 0 Å². The Labute approximate surface area is 271 Å². The predicted molar refractivity (Wildman–Crippen MR) is 192 cm³/mol. The molecule has 2 heteroatoms. The van der Waals surface area contributed by atoms with Crippen molar-refractivity contribution in [1.82, 2.24) is 0 Å². The summed E-state index contributed by atoms with van der Waals surface area (Å²) in [5.41, 5.74) is 4.59. The van der Waals surface area contributed by atoms with Gasteiger partial charge in [-0.05, 0) is 36.1 Å². The van der Waals surface area contributed by atoms with E-state index in [9.17, 15) is 0 Å². The molecule has 0 N–H and O–H groups in total. The van der Waals surface area contributed by atoms with E-state index in [1.807, 2.05) is 0 Å². The first-order chi connectivity index (χ1) is 21.8. The SMILES string of the molecule is CCCCCCCCCCCCOc1cc(-c2ccccc2)c(OCCCCCCCCCCCC)cc1-c1ccccc1. The zero-order valence-electron chi connectivity index (χ0n) is 28.3. The molecule has 0 aromatic heterocycles. The quantitative estimate of drug-likeness (QED) is 0.0856. The first-order valence-electron chi connectivity index (χ1n) is 18.4. The third kappa shape index (κ3) is 14.4. The third-order valence-electron chi connectivity index (χ3n) is 8.76. The topological polar surface area (TPSA) is 18.5 Å². The minimum Gasteiger partial charge on any atom is -0.493 e. The summed E-state index contributed by atoms with van der Waals surface area (Å²) in [7, 11) is 0. The Balaban J connectivity index is 1.57. The van der Waals surface area contributed by atoms with Gasteiger partial charge in [-0.3, -0.25) is 0 Å². The summed E-state index contributed by atoms with van der Waals surface area (Å²) in [5.74, 6) is 1.91. The molecular formula is C42H62O2. The lowest BCUT2D eigenvalue weighted by Gasteiger charge is -2.18. The number of hydrogen-bond donors (Lipinski definition) is 0. The predicted octanol–water partition coefficient (Wildman–Crippen LogP) is 13.6. The lowest BCUT2D eigenvalue weighted by molar-refractivity contribution is 0.298. The maximum absolute atomic E-state index is 6.54. The molecule has 44 heavy (non-hydrogen) atoms. The van der Waals surface area contributed by atoms with Crippen LogP contribution >= 0.6 is 0 Å². The average molecular weight is 599 g/mol. The van der Waals surface area contributed by atoms with Gasteiger partial charge in [-0.15, -0.1) is 0 Å². The molecule has 242 valence electrons. The van der Waals surface area contributed by atoms with Crippen LogP contribution in [0.3, 0.4) is 0 Å². The lowest BCUT2D eigenvalue weighted by Crippen LogP contribution is -2.03. The van der Waals surface area contributed by atoms with Gasteiger partial charge in [0.2, 0.25) is 0 Å². The van der Waals surface area contributed by atoms with Crippen molar-refractivity contribution in [2.45, 2.75) is 142 Å². The fraction of sp³-hybridized carbons (Fsp3) is 0.571. The Morgan fingerprint density at radius 3 is 0.977 bits per heavy atom. The summed E-state index contributed by atoms with van der Waals surface area (Å²) < 4.78 is 13.1. The Kier molecular flexibility index (Phi) is 19.2. The average Bonchev–Trinajstić information content (AvgIpc) is 3.07. The number of rotatable bonds is 26. The molecule has 0 amide bonds. The van der Waals surface area contributed by atoms with Crippen LogP contribution in [-0.4, -0.2) is 13.2 Å². The van der Waals surface area contributed by atoms with Crippen LogP contribution in [0.2, 0.25) is 0 Å². The van der Waals surface area contributed by atoms with Gasteiger partial charge in [-0.1, -0.05) is 190 Å². The fourth-order valence-electron chi connectivity index (χ4n) is 6.03. The van der Waals surface area contributed by atoms with Gasteiger partial charge in [0.25, 0.3) is 0 Å². The Bertz CT molecular complexity index is 1000. The molecule has 3 rings (SSSR count). The summed E-state index contributed by atoms with van der Waals surface area (Å²) in [4.78, 5) is 0. The third-order valence-corrected chi connectivity index (χ3v) is 8.76. The first-order valence-corrected chi connectivity index (χ1v) is 18.4. The smallest absolute Gasteiger partial charge is 0.128 e. The van der Waals surface area contributed by atoms with Crippen LogP contribution in [0, 0.1) is 0 Å². The van der Waals surface area contributed by atoms with E-state index in [2.05, 4.69) is 86.6 Å². The van der Waals surface area contributed by atoms with E-state index in [0.717, 1.165) is 48.7 Å². The van der Waals surface area contributed by atoms with Crippen molar-refractivity contribution < 1.29 is 9.47 Å². The first kappa shape index (κ1) is 35.7. The molecule has 0 atom stereocenters. The van der Waals surface area contributed by atoms with Gasteiger partial charge in [0, 0.05) is 11.1 Å². The number of unbranched alkanes of at least 4 members (excludes halogenated alkanes) is 18. The molecule has 0 radical (unpaired) electrons. The minimum atomic E-state index is 0.753. The maximum Gasteiger partial charge on any atom is 0.128 e. The molecule has 0 aliphatic rings. The van der Waals surface area contributed by atoms with E-state index < -0.39 is 0 Å². The summed E-state index contributed by atoms with van der Waals surface area (Å²) in [6.07, 6.45) is 26.6. The largest absolute Gasteiger partial charge is 0.493 e. The highest BCUT2D eigenvalue weighted by atomic mass is 16.5. The van der Waals surface area contributed by atoms with Crippen molar-refractivity contribution in [1.29, 1.82) is 0 Å². The highest BCUT2D eigenvalue weighted by molar-refractivity contribution is 5.81. The van der Waals surface area contributed by atoms with Crippen LogP contribution in [-0.2, 0) is 0 Å². The minimum absolute atomic E-state index is 0.753. The van der Waals surface area contributed by atoms with Crippen LogP contribution < -0.4 is 9.47 Å². The Morgan fingerprint density at radius 2 is 0.659 bits per heavy atom. The molecular weight excluding hydrogens is 536 g/mol. The molecule has 3 aromatic carbocycles. The summed E-state index contributed by atoms with van der Waals surface area (Å²) in [6, 6.07) is 25.7. The van der Waals surface area contributed by atoms with Crippen molar-refractivity contribution in [2.24, 2.45) is 0 Å². The van der Waals surface area contributed by atoms with E-state index in [4.69, 9.17) is 9.47 Å². The van der Waals surface area contributed by atoms with E-state index in [-0.39, 0.29) is 0 Å². The van der Waals surface area contributed by atoms with Gasteiger partial charge in [-0.25, -0.2) is 0 Å². The number of benzene rings is 3. The second kappa shape index (κ2) is 23.6. The summed E-state index contributed by atoms with van der Waals surface area (Å²) in [6.45, 7) is 6.08. The molecule has 0 saturated heterocycles. The van der Waals surface area contributed by atoms with Crippen molar-refractivity contribution in [3.8, 4) is 33.8 Å². The summed E-state index contributed by atoms with van der Waals surface area (Å²) >= 11 is 0. The molecule has 0 aliphatic carbocycles. The van der Waals surface area contributed by atoms with Gasteiger partial charge in [0.1, 0.15) is 11.5 Å². The standard InChI is InChI=1S/C42H62O2/c1-3-5-7-9-11-13-15-17-19-27-33-43-41-35-40(38-31-25-22-26-32-38)42(36-39(41)37-29-23-21-24-30-37)44-34-28-20-18-16-14-12-10-8-6-4-2/h21-26,29-32,35-36H,3-20,27-28,33-34H2,1-2H3. The molecule has 0 fully saturated rings. The van der Waals surface area contributed by atoms with Crippen LogP contribution in [0.15, 0.2) is 72.8 Å². The monoisotopic (exact) mass is 598 g/mol.